The summed E-state index contributed by atoms with van der Waals surface area (Å²) in [5.41, 5.74) is 0.772. The zero-order chi connectivity index (χ0) is 11.0. The fourth-order valence-electron chi connectivity index (χ4n) is 1.30. The Morgan fingerprint density at radius 2 is 2.00 bits per heavy atom. The van der Waals surface area contributed by atoms with E-state index in [1.807, 2.05) is 6.92 Å². The van der Waals surface area contributed by atoms with Crippen LogP contribution in [0.3, 0.4) is 0 Å². The summed E-state index contributed by atoms with van der Waals surface area (Å²) < 4.78 is 1.75. The summed E-state index contributed by atoms with van der Waals surface area (Å²) >= 11 is 16.1. The zero-order valence-electron chi connectivity index (χ0n) is 7.78. The molecular weight excluding hydrogens is 253 g/mol. The van der Waals surface area contributed by atoms with Gasteiger partial charge in [-0.15, -0.1) is 22.8 Å². The van der Waals surface area contributed by atoms with Crippen LogP contribution in [0.25, 0.3) is 5.69 Å². The van der Waals surface area contributed by atoms with Gasteiger partial charge in [0.1, 0.15) is 5.82 Å². The number of halogens is 2. The summed E-state index contributed by atoms with van der Waals surface area (Å²) in [5, 5.41) is 9.37. The summed E-state index contributed by atoms with van der Waals surface area (Å²) in [7, 11) is 0. The lowest BCUT2D eigenvalue weighted by molar-refractivity contribution is 0.874. The second-order valence-electron chi connectivity index (χ2n) is 2.98. The zero-order valence-corrected chi connectivity index (χ0v) is 10.2. The minimum Gasteiger partial charge on any atom is -0.273 e. The first-order valence-corrected chi connectivity index (χ1v) is 5.36. The third kappa shape index (κ3) is 1.97. The Morgan fingerprint density at radius 1 is 1.27 bits per heavy atom. The lowest BCUT2D eigenvalue weighted by atomic mass is 10.3. The molecule has 1 aromatic carbocycles. The molecule has 0 saturated carbocycles. The first-order valence-electron chi connectivity index (χ1n) is 4.16. The van der Waals surface area contributed by atoms with Crippen LogP contribution in [0.4, 0.5) is 0 Å². The highest BCUT2D eigenvalue weighted by Gasteiger charge is 2.10. The molecule has 0 radical (unpaired) electrons. The van der Waals surface area contributed by atoms with Crippen molar-refractivity contribution in [1.82, 2.24) is 14.8 Å². The van der Waals surface area contributed by atoms with Crippen LogP contribution in [0.15, 0.2) is 23.4 Å². The molecule has 2 aromatic rings. The molecule has 0 atom stereocenters. The second-order valence-corrected chi connectivity index (χ2v) is 4.22. The van der Waals surface area contributed by atoms with Gasteiger partial charge in [0.2, 0.25) is 0 Å². The molecule has 1 heterocycles. The Labute approximate surface area is 102 Å². The average molecular weight is 260 g/mol. The van der Waals surface area contributed by atoms with Gasteiger partial charge in [-0.25, -0.2) is 0 Å². The molecule has 0 saturated heterocycles. The number of aryl methyl sites for hydroxylation is 1. The Kier molecular flexibility index (Phi) is 2.91. The Morgan fingerprint density at radius 3 is 2.53 bits per heavy atom. The van der Waals surface area contributed by atoms with Crippen molar-refractivity contribution < 1.29 is 0 Å². The summed E-state index contributed by atoms with van der Waals surface area (Å²) in [6.45, 7) is 1.83. The number of aromatic nitrogens is 3. The van der Waals surface area contributed by atoms with Crippen molar-refractivity contribution in [3.05, 3.63) is 34.1 Å². The van der Waals surface area contributed by atoms with Crippen LogP contribution in [-0.4, -0.2) is 14.8 Å². The van der Waals surface area contributed by atoms with Gasteiger partial charge in [0.05, 0.1) is 10.7 Å². The lowest BCUT2D eigenvalue weighted by Gasteiger charge is -2.07. The van der Waals surface area contributed by atoms with Gasteiger partial charge >= 0.3 is 0 Å². The van der Waals surface area contributed by atoms with Crippen molar-refractivity contribution >= 4 is 35.8 Å². The van der Waals surface area contributed by atoms with E-state index in [0.29, 0.717) is 15.2 Å². The maximum absolute atomic E-state index is 6.07. The van der Waals surface area contributed by atoms with E-state index in [1.165, 1.54) is 0 Å². The minimum absolute atomic E-state index is 0.497. The maximum atomic E-state index is 6.07. The van der Waals surface area contributed by atoms with Gasteiger partial charge in [-0.2, -0.15) is 0 Å². The van der Waals surface area contributed by atoms with Crippen LogP contribution in [-0.2, 0) is 0 Å². The van der Waals surface area contributed by atoms with Crippen molar-refractivity contribution in [2.45, 2.75) is 12.1 Å². The standard InChI is InChI=1S/C9H7Cl2N3S/c1-5-12-13-9(15)14(5)8-3-2-6(10)4-7(8)11/h2-4H,1H3,(H,13,15). The molecule has 3 nitrogen and oxygen atoms in total. The van der Waals surface area contributed by atoms with Crippen molar-refractivity contribution in [2.24, 2.45) is 0 Å². The van der Waals surface area contributed by atoms with Crippen molar-refractivity contribution in [2.75, 3.05) is 0 Å². The van der Waals surface area contributed by atoms with Gasteiger partial charge in [-0.1, -0.05) is 23.2 Å². The van der Waals surface area contributed by atoms with Crippen molar-refractivity contribution in [3.8, 4) is 5.69 Å². The molecule has 1 aromatic heterocycles. The summed E-state index contributed by atoms with van der Waals surface area (Å²) in [6.07, 6.45) is 0. The molecule has 0 fully saturated rings. The fourth-order valence-corrected chi connectivity index (χ4v) is 2.09. The van der Waals surface area contributed by atoms with E-state index in [-0.39, 0.29) is 0 Å². The quantitative estimate of drug-likeness (QED) is 0.798. The number of hydrogen-bond donors (Lipinski definition) is 1. The average Bonchev–Trinajstić information content (AvgIpc) is 2.48. The SMILES string of the molecule is Cc1nnc(S)n1-c1ccc(Cl)cc1Cl. The van der Waals surface area contributed by atoms with Crippen LogP contribution in [0.1, 0.15) is 5.82 Å². The molecule has 0 aliphatic heterocycles. The molecule has 0 bridgehead atoms. The smallest absolute Gasteiger partial charge is 0.192 e. The summed E-state index contributed by atoms with van der Waals surface area (Å²) in [6, 6.07) is 5.24. The van der Waals surface area contributed by atoms with Gasteiger partial charge in [-0.05, 0) is 25.1 Å². The van der Waals surface area contributed by atoms with E-state index in [1.54, 1.807) is 22.8 Å². The molecule has 15 heavy (non-hydrogen) atoms. The molecule has 0 aliphatic rings. The fraction of sp³-hybridized carbons (Fsp3) is 0.111. The summed E-state index contributed by atoms with van der Waals surface area (Å²) in [5.74, 6) is 0.726. The van der Waals surface area contributed by atoms with Crippen LogP contribution in [0, 0.1) is 6.92 Å². The number of hydrogen-bond acceptors (Lipinski definition) is 3. The molecule has 0 spiro atoms. The maximum Gasteiger partial charge on any atom is 0.192 e. The first kappa shape index (κ1) is 10.8. The van der Waals surface area contributed by atoms with E-state index >= 15 is 0 Å². The topological polar surface area (TPSA) is 30.7 Å². The van der Waals surface area contributed by atoms with Crippen molar-refractivity contribution in [1.29, 1.82) is 0 Å². The van der Waals surface area contributed by atoms with Crippen molar-refractivity contribution in [3.63, 3.8) is 0 Å². The molecule has 2 rings (SSSR count). The number of benzene rings is 1. The lowest BCUT2D eigenvalue weighted by Crippen LogP contribution is -1.98. The van der Waals surface area contributed by atoms with Gasteiger partial charge in [-0.3, -0.25) is 4.57 Å². The third-order valence-corrected chi connectivity index (χ3v) is 2.79. The van der Waals surface area contributed by atoms with Gasteiger partial charge in [0, 0.05) is 5.02 Å². The molecule has 78 valence electrons. The number of thiol groups is 1. The third-order valence-electron chi connectivity index (χ3n) is 1.96. The Balaban J connectivity index is 2.64. The predicted molar refractivity (Wildman–Crippen MR) is 63.4 cm³/mol. The normalized spacial score (nSPS) is 10.7. The molecule has 0 aliphatic carbocycles. The Bertz CT molecular complexity index is 491. The number of nitrogens with zero attached hydrogens (tertiary/aromatic N) is 3. The van der Waals surface area contributed by atoms with E-state index < -0.39 is 0 Å². The van der Waals surface area contributed by atoms with Crippen LogP contribution in [0.5, 0.6) is 0 Å². The predicted octanol–water partition coefficient (Wildman–Crippen LogP) is 3.17. The van der Waals surface area contributed by atoms with Gasteiger partial charge in [0.25, 0.3) is 0 Å². The van der Waals surface area contributed by atoms with E-state index in [4.69, 9.17) is 23.2 Å². The van der Waals surface area contributed by atoms with E-state index in [9.17, 15) is 0 Å². The van der Waals surface area contributed by atoms with E-state index in [2.05, 4.69) is 22.8 Å². The van der Waals surface area contributed by atoms with E-state index in [0.717, 1.165) is 11.5 Å². The molecule has 6 heteroatoms. The summed E-state index contributed by atoms with van der Waals surface area (Å²) in [4.78, 5) is 0. The molecule has 0 N–H and O–H groups in total. The van der Waals surface area contributed by atoms with Crippen LogP contribution >= 0.6 is 35.8 Å². The highest BCUT2D eigenvalue weighted by molar-refractivity contribution is 7.80. The minimum atomic E-state index is 0.497. The largest absolute Gasteiger partial charge is 0.273 e. The highest BCUT2D eigenvalue weighted by atomic mass is 35.5. The number of rotatable bonds is 1. The molecule has 0 unspecified atom stereocenters. The molecule has 0 amide bonds. The monoisotopic (exact) mass is 259 g/mol. The first-order chi connectivity index (χ1) is 7.09. The van der Waals surface area contributed by atoms with Crippen LogP contribution in [0.2, 0.25) is 10.0 Å². The Hall–Kier alpha value is -0.710. The van der Waals surface area contributed by atoms with Gasteiger partial charge in [0.15, 0.2) is 5.16 Å². The highest BCUT2D eigenvalue weighted by Crippen LogP contribution is 2.26. The molecular formula is C9H7Cl2N3S. The second kappa shape index (κ2) is 4.04. The van der Waals surface area contributed by atoms with Crippen LogP contribution < -0.4 is 0 Å². The van der Waals surface area contributed by atoms with Gasteiger partial charge < -0.3 is 0 Å².